The summed E-state index contributed by atoms with van der Waals surface area (Å²) >= 11 is -0.168. The summed E-state index contributed by atoms with van der Waals surface area (Å²) in [5, 5.41) is 8.83. The van der Waals surface area contributed by atoms with Gasteiger partial charge in [-0.2, -0.15) is 13.2 Å². The van der Waals surface area contributed by atoms with Crippen molar-refractivity contribution < 1.29 is 23.1 Å². The fourth-order valence-electron chi connectivity index (χ4n) is 1.41. The first-order valence-corrected chi connectivity index (χ1v) is 6.28. The number of benzene rings is 1. The number of thioether (sulfide) groups is 1. The van der Waals surface area contributed by atoms with Gasteiger partial charge in [-0.15, -0.1) is 0 Å². The fraction of sp³-hybridized carbons (Fsp3) is 0.417. The van der Waals surface area contributed by atoms with E-state index < -0.39 is 17.5 Å². The molecule has 1 aromatic carbocycles. The van der Waals surface area contributed by atoms with Crippen LogP contribution in [0, 0.1) is 0 Å². The third kappa shape index (κ3) is 5.52. The minimum atomic E-state index is -4.30. The number of hydrogen-bond donors (Lipinski definition) is 1. The number of halogens is 3. The second kappa shape index (κ2) is 6.29. The highest BCUT2D eigenvalue weighted by molar-refractivity contribution is 8.00. The number of carboxylic acid groups (broad SMARTS) is 1. The Morgan fingerprint density at radius 3 is 2.32 bits per heavy atom. The second-order valence-electron chi connectivity index (χ2n) is 4.12. The van der Waals surface area contributed by atoms with Crippen molar-refractivity contribution in [2.24, 2.45) is 0 Å². The molecule has 19 heavy (non-hydrogen) atoms. The van der Waals surface area contributed by atoms with Crippen molar-refractivity contribution in [1.29, 1.82) is 0 Å². The maximum atomic E-state index is 12.1. The predicted molar refractivity (Wildman–Crippen MR) is 66.9 cm³/mol. The van der Waals surface area contributed by atoms with Gasteiger partial charge in [0.05, 0.1) is 0 Å². The summed E-state index contributed by atoms with van der Waals surface area (Å²) < 4.78 is 36.4. The molecule has 3 nitrogen and oxygen atoms in total. The van der Waals surface area contributed by atoms with Gasteiger partial charge >= 0.3 is 11.5 Å². The van der Waals surface area contributed by atoms with Gasteiger partial charge in [-0.05, 0) is 43.4 Å². The Kier molecular flexibility index (Phi) is 5.25. The predicted octanol–water partition coefficient (Wildman–Crippen LogP) is 3.20. The molecule has 1 N–H and O–H groups in total. The van der Waals surface area contributed by atoms with Crippen LogP contribution in [-0.4, -0.2) is 34.6 Å². The number of likely N-dealkylation sites (N-methyl/N-ethyl adjacent to an activating group) is 1. The van der Waals surface area contributed by atoms with E-state index in [2.05, 4.69) is 0 Å². The summed E-state index contributed by atoms with van der Waals surface area (Å²) in [6.45, 7) is 1.92. The van der Waals surface area contributed by atoms with Crippen molar-refractivity contribution in [2.75, 3.05) is 7.05 Å². The Morgan fingerprint density at radius 2 is 1.89 bits per heavy atom. The van der Waals surface area contributed by atoms with Crippen LogP contribution in [0.5, 0.6) is 0 Å². The zero-order valence-electron chi connectivity index (χ0n) is 10.4. The lowest BCUT2D eigenvalue weighted by molar-refractivity contribution is -0.142. The molecule has 0 spiro atoms. The largest absolute Gasteiger partial charge is 0.480 e. The van der Waals surface area contributed by atoms with E-state index in [4.69, 9.17) is 5.11 Å². The van der Waals surface area contributed by atoms with Crippen LogP contribution in [0.2, 0.25) is 0 Å². The Labute approximate surface area is 113 Å². The van der Waals surface area contributed by atoms with Gasteiger partial charge in [-0.1, -0.05) is 12.1 Å². The molecule has 1 unspecified atom stereocenters. The molecular weight excluding hydrogens is 279 g/mol. The summed E-state index contributed by atoms with van der Waals surface area (Å²) in [7, 11) is 1.65. The normalized spacial score (nSPS) is 13.6. The van der Waals surface area contributed by atoms with Gasteiger partial charge < -0.3 is 5.11 Å². The molecule has 0 bridgehead atoms. The van der Waals surface area contributed by atoms with E-state index in [0.717, 1.165) is 5.56 Å². The van der Waals surface area contributed by atoms with Crippen LogP contribution < -0.4 is 0 Å². The van der Waals surface area contributed by atoms with Crippen LogP contribution >= 0.6 is 11.8 Å². The van der Waals surface area contributed by atoms with Crippen LogP contribution in [0.4, 0.5) is 13.2 Å². The lowest BCUT2D eigenvalue weighted by Gasteiger charge is -2.21. The minimum absolute atomic E-state index is 0.116. The molecule has 1 atom stereocenters. The van der Waals surface area contributed by atoms with Gasteiger partial charge in [0.1, 0.15) is 6.04 Å². The van der Waals surface area contributed by atoms with Crippen molar-refractivity contribution in [3.63, 3.8) is 0 Å². The lowest BCUT2D eigenvalue weighted by atomic mass is 10.2. The number of rotatable bonds is 5. The Balaban J connectivity index is 2.64. The maximum Gasteiger partial charge on any atom is 0.446 e. The third-order valence-corrected chi connectivity index (χ3v) is 3.35. The van der Waals surface area contributed by atoms with Crippen LogP contribution in [-0.2, 0) is 11.3 Å². The smallest absolute Gasteiger partial charge is 0.446 e. The molecule has 1 rings (SSSR count). The number of nitrogens with zero attached hydrogens (tertiary/aromatic N) is 1. The molecule has 1 aromatic rings. The van der Waals surface area contributed by atoms with E-state index in [9.17, 15) is 18.0 Å². The molecule has 0 radical (unpaired) electrons. The first-order valence-electron chi connectivity index (χ1n) is 5.47. The quantitative estimate of drug-likeness (QED) is 0.846. The Hall–Kier alpha value is -1.21. The SMILES string of the molecule is CC(C(=O)O)N(C)Cc1ccc(SC(F)(F)F)cc1. The molecule has 0 aliphatic carbocycles. The topological polar surface area (TPSA) is 40.5 Å². The van der Waals surface area contributed by atoms with E-state index in [1.54, 1.807) is 31.0 Å². The Morgan fingerprint density at radius 1 is 1.37 bits per heavy atom. The molecule has 0 saturated heterocycles. The standard InChI is InChI=1S/C12H14F3NO2S/c1-8(11(17)18)16(2)7-9-3-5-10(6-4-9)19-12(13,14)15/h3-6,8H,7H2,1-2H3,(H,17,18). The lowest BCUT2D eigenvalue weighted by Crippen LogP contribution is -2.35. The summed E-state index contributed by atoms with van der Waals surface area (Å²) in [5.41, 5.74) is -3.53. The summed E-state index contributed by atoms with van der Waals surface area (Å²) in [5.74, 6) is -0.938. The van der Waals surface area contributed by atoms with Crippen LogP contribution in [0.15, 0.2) is 29.2 Å². The summed E-state index contributed by atoms with van der Waals surface area (Å²) in [6, 6.07) is 5.25. The first kappa shape index (κ1) is 15.8. The number of hydrogen-bond acceptors (Lipinski definition) is 3. The van der Waals surface area contributed by atoms with Gasteiger partial charge in [0.25, 0.3) is 0 Å². The van der Waals surface area contributed by atoms with Crippen LogP contribution in [0.25, 0.3) is 0 Å². The highest BCUT2D eigenvalue weighted by atomic mass is 32.2. The van der Waals surface area contributed by atoms with Crippen molar-refractivity contribution >= 4 is 17.7 Å². The van der Waals surface area contributed by atoms with Gasteiger partial charge in [-0.3, -0.25) is 9.69 Å². The van der Waals surface area contributed by atoms with E-state index in [0.29, 0.717) is 6.54 Å². The number of alkyl halides is 3. The van der Waals surface area contributed by atoms with Crippen LogP contribution in [0.1, 0.15) is 12.5 Å². The number of aliphatic carboxylic acids is 1. The monoisotopic (exact) mass is 293 g/mol. The molecule has 0 aromatic heterocycles. The zero-order valence-corrected chi connectivity index (χ0v) is 11.3. The van der Waals surface area contributed by atoms with Crippen molar-refractivity contribution in [3.05, 3.63) is 29.8 Å². The maximum absolute atomic E-state index is 12.1. The molecule has 0 aliphatic heterocycles. The average Bonchev–Trinajstić information content (AvgIpc) is 2.28. The molecule has 0 fully saturated rings. The molecule has 7 heteroatoms. The van der Waals surface area contributed by atoms with Gasteiger partial charge in [0.15, 0.2) is 0 Å². The summed E-state index contributed by atoms with van der Waals surface area (Å²) in [4.78, 5) is 12.5. The Bertz CT molecular complexity index is 434. The number of carbonyl (C=O) groups is 1. The van der Waals surface area contributed by atoms with Crippen LogP contribution in [0.3, 0.4) is 0 Å². The molecular formula is C12H14F3NO2S. The zero-order chi connectivity index (χ0) is 14.6. The molecule has 0 amide bonds. The average molecular weight is 293 g/mol. The first-order chi connectivity index (χ1) is 8.69. The van der Waals surface area contributed by atoms with Crippen molar-refractivity contribution in [2.45, 2.75) is 29.9 Å². The molecule has 0 heterocycles. The van der Waals surface area contributed by atoms with E-state index in [-0.39, 0.29) is 16.7 Å². The molecule has 0 saturated carbocycles. The highest BCUT2D eigenvalue weighted by Gasteiger charge is 2.29. The van der Waals surface area contributed by atoms with Crippen molar-refractivity contribution in [1.82, 2.24) is 4.90 Å². The van der Waals surface area contributed by atoms with E-state index in [1.165, 1.54) is 12.1 Å². The second-order valence-corrected chi connectivity index (χ2v) is 5.26. The van der Waals surface area contributed by atoms with Gasteiger partial charge in [-0.25, -0.2) is 0 Å². The van der Waals surface area contributed by atoms with E-state index in [1.807, 2.05) is 0 Å². The molecule has 106 valence electrons. The fourth-order valence-corrected chi connectivity index (χ4v) is 1.95. The van der Waals surface area contributed by atoms with Gasteiger partial charge in [0, 0.05) is 11.4 Å². The number of carboxylic acids is 1. The minimum Gasteiger partial charge on any atom is -0.480 e. The van der Waals surface area contributed by atoms with E-state index >= 15 is 0 Å². The summed E-state index contributed by atoms with van der Waals surface area (Å²) in [6.07, 6.45) is 0. The highest BCUT2D eigenvalue weighted by Crippen LogP contribution is 2.36. The third-order valence-electron chi connectivity index (χ3n) is 2.61. The van der Waals surface area contributed by atoms with Gasteiger partial charge in [0.2, 0.25) is 0 Å². The molecule has 0 aliphatic rings. The van der Waals surface area contributed by atoms with Crippen molar-refractivity contribution in [3.8, 4) is 0 Å².